The topological polar surface area (TPSA) is 26.3 Å². The van der Waals surface area contributed by atoms with Crippen molar-refractivity contribution < 1.29 is 18.3 Å². The van der Waals surface area contributed by atoms with Gasteiger partial charge in [0, 0.05) is 18.1 Å². The van der Waals surface area contributed by atoms with Crippen LogP contribution in [0.3, 0.4) is 0 Å². The number of benzene rings is 1. The van der Waals surface area contributed by atoms with Gasteiger partial charge in [0.05, 0.1) is 12.7 Å². The number of hydrogen-bond donors (Lipinski definition) is 0. The number of ketones is 1. The van der Waals surface area contributed by atoms with Crippen LogP contribution in [0, 0.1) is 23.5 Å². The highest BCUT2D eigenvalue weighted by Gasteiger charge is 2.25. The smallest absolute Gasteiger partial charge is 0.171 e. The van der Waals surface area contributed by atoms with Gasteiger partial charge in [-0.2, -0.15) is 0 Å². The molecule has 0 fully saturated rings. The van der Waals surface area contributed by atoms with Gasteiger partial charge in [-0.1, -0.05) is 20.8 Å². The Morgan fingerprint density at radius 1 is 1.18 bits per heavy atom. The molecular formula is C13H16F2O2. The Bertz CT molecular complexity index is 404. The molecule has 94 valence electrons. The van der Waals surface area contributed by atoms with Gasteiger partial charge in [-0.15, -0.1) is 0 Å². The van der Waals surface area contributed by atoms with E-state index in [0.29, 0.717) is 0 Å². The van der Waals surface area contributed by atoms with E-state index in [0.717, 1.165) is 12.1 Å². The normalized spacial score (nSPS) is 12.6. The van der Waals surface area contributed by atoms with E-state index in [4.69, 9.17) is 4.74 Å². The Kier molecular flexibility index (Phi) is 4.21. The van der Waals surface area contributed by atoms with Crippen molar-refractivity contribution in [2.45, 2.75) is 20.8 Å². The standard InChI is InChI=1S/C13H16F2O2/c1-7(2)8(3)13(16)12-10(14)5-9(17-4)6-11(12)15/h5-8H,1-4H3. The van der Waals surface area contributed by atoms with Crippen LogP contribution >= 0.6 is 0 Å². The molecule has 0 amide bonds. The highest BCUT2D eigenvalue weighted by Crippen LogP contribution is 2.25. The molecule has 0 aromatic heterocycles. The van der Waals surface area contributed by atoms with Crippen LogP contribution in [0.2, 0.25) is 0 Å². The van der Waals surface area contributed by atoms with Crippen LogP contribution in [0.5, 0.6) is 5.75 Å². The van der Waals surface area contributed by atoms with Crippen molar-refractivity contribution in [2.24, 2.45) is 11.8 Å². The first-order valence-corrected chi connectivity index (χ1v) is 5.45. The van der Waals surface area contributed by atoms with E-state index < -0.39 is 28.9 Å². The first-order chi connectivity index (χ1) is 7.88. The fraction of sp³-hybridized carbons (Fsp3) is 0.462. The predicted molar refractivity (Wildman–Crippen MR) is 61.2 cm³/mol. The van der Waals surface area contributed by atoms with E-state index in [1.807, 2.05) is 13.8 Å². The number of carbonyl (C=O) groups is 1. The van der Waals surface area contributed by atoms with E-state index in [-0.39, 0.29) is 11.7 Å². The van der Waals surface area contributed by atoms with Crippen molar-refractivity contribution >= 4 is 5.78 Å². The van der Waals surface area contributed by atoms with Crippen molar-refractivity contribution in [3.63, 3.8) is 0 Å². The van der Waals surface area contributed by atoms with Gasteiger partial charge in [-0.05, 0) is 5.92 Å². The molecule has 0 saturated heterocycles. The van der Waals surface area contributed by atoms with Crippen LogP contribution in [0.25, 0.3) is 0 Å². The average molecular weight is 242 g/mol. The first-order valence-electron chi connectivity index (χ1n) is 5.45. The van der Waals surface area contributed by atoms with Gasteiger partial charge in [-0.25, -0.2) is 8.78 Å². The summed E-state index contributed by atoms with van der Waals surface area (Å²) in [5.41, 5.74) is -0.480. The summed E-state index contributed by atoms with van der Waals surface area (Å²) >= 11 is 0. The Morgan fingerprint density at radius 3 is 2.00 bits per heavy atom. The van der Waals surface area contributed by atoms with Gasteiger partial charge in [0.2, 0.25) is 0 Å². The van der Waals surface area contributed by atoms with Crippen molar-refractivity contribution in [1.82, 2.24) is 0 Å². The molecule has 0 heterocycles. The highest BCUT2D eigenvalue weighted by atomic mass is 19.1. The second-order valence-corrected chi connectivity index (χ2v) is 4.36. The highest BCUT2D eigenvalue weighted by molar-refractivity contribution is 5.98. The molecule has 1 aromatic carbocycles. The third kappa shape index (κ3) is 2.81. The van der Waals surface area contributed by atoms with Gasteiger partial charge in [0.1, 0.15) is 17.4 Å². The Labute approximate surface area is 99.6 Å². The Hall–Kier alpha value is -1.45. The lowest BCUT2D eigenvalue weighted by Gasteiger charge is -2.15. The van der Waals surface area contributed by atoms with Crippen molar-refractivity contribution in [1.29, 1.82) is 0 Å². The lowest BCUT2D eigenvalue weighted by atomic mass is 9.89. The molecule has 17 heavy (non-hydrogen) atoms. The molecular weight excluding hydrogens is 226 g/mol. The third-order valence-electron chi connectivity index (χ3n) is 2.91. The Balaban J connectivity index is 3.19. The molecule has 0 aliphatic rings. The maximum absolute atomic E-state index is 13.6. The zero-order chi connectivity index (χ0) is 13.2. The number of carbonyl (C=O) groups excluding carboxylic acids is 1. The minimum Gasteiger partial charge on any atom is -0.497 e. The van der Waals surface area contributed by atoms with Gasteiger partial charge in [-0.3, -0.25) is 4.79 Å². The van der Waals surface area contributed by atoms with Crippen LogP contribution in [0.15, 0.2) is 12.1 Å². The van der Waals surface area contributed by atoms with Crippen LogP contribution in [-0.4, -0.2) is 12.9 Å². The number of methoxy groups -OCH3 is 1. The number of Topliss-reactive ketones (excluding diaryl/α,β-unsaturated/α-hetero) is 1. The van der Waals surface area contributed by atoms with Crippen LogP contribution in [-0.2, 0) is 0 Å². The predicted octanol–water partition coefficient (Wildman–Crippen LogP) is 3.45. The molecule has 1 atom stereocenters. The number of ether oxygens (including phenoxy) is 1. The quantitative estimate of drug-likeness (QED) is 0.756. The maximum Gasteiger partial charge on any atom is 0.171 e. The lowest BCUT2D eigenvalue weighted by molar-refractivity contribution is 0.0891. The summed E-state index contributed by atoms with van der Waals surface area (Å²) in [6, 6.07) is 2.03. The number of halogens is 2. The molecule has 0 radical (unpaired) electrons. The SMILES string of the molecule is COc1cc(F)c(C(=O)C(C)C(C)C)c(F)c1. The minimum atomic E-state index is -0.876. The third-order valence-corrected chi connectivity index (χ3v) is 2.91. The van der Waals surface area contributed by atoms with E-state index in [9.17, 15) is 13.6 Å². The van der Waals surface area contributed by atoms with Crippen molar-refractivity contribution in [3.8, 4) is 5.75 Å². The lowest BCUT2D eigenvalue weighted by Crippen LogP contribution is -2.19. The summed E-state index contributed by atoms with van der Waals surface area (Å²) < 4.78 is 32.0. The van der Waals surface area contributed by atoms with Crippen LogP contribution in [0.4, 0.5) is 8.78 Å². The van der Waals surface area contributed by atoms with Crippen molar-refractivity contribution in [2.75, 3.05) is 7.11 Å². The number of hydrogen-bond acceptors (Lipinski definition) is 2. The van der Waals surface area contributed by atoms with E-state index in [1.54, 1.807) is 6.92 Å². The second-order valence-electron chi connectivity index (χ2n) is 4.36. The summed E-state index contributed by atoms with van der Waals surface area (Å²) in [4.78, 5) is 11.9. The fourth-order valence-corrected chi connectivity index (χ4v) is 1.43. The van der Waals surface area contributed by atoms with Crippen LogP contribution < -0.4 is 4.74 Å². The molecule has 4 heteroatoms. The summed E-state index contributed by atoms with van der Waals surface area (Å²) in [5.74, 6) is -2.60. The van der Waals surface area contributed by atoms with E-state index >= 15 is 0 Å². The monoisotopic (exact) mass is 242 g/mol. The van der Waals surface area contributed by atoms with Crippen molar-refractivity contribution in [3.05, 3.63) is 29.3 Å². The number of rotatable bonds is 4. The zero-order valence-corrected chi connectivity index (χ0v) is 10.4. The Morgan fingerprint density at radius 2 is 1.65 bits per heavy atom. The second kappa shape index (κ2) is 5.25. The molecule has 0 aliphatic heterocycles. The fourth-order valence-electron chi connectivity index (χ4n) is 1.43. The summed E-state index contributed by atoms with van der Waals surface area (Å²) in [7, 11) is 1.31. The molecule has 1 aromatic rings. The summed E-state index contributed by atoms with van der Waals surface area (Å²) in [6.07, 6.45) is 0. The molecule has 0 saturated carbocycles. The van der Waals surface area contributed by atoms with Gasteiger partial charge in [0.25, 0.3) is 0 Å². The summed E-state index contributed by atoms with van der Waals surface area (Å²) in [6.45, 7) is 5.33. The molecule has 0 spiro atoms. The first kappa shape index (κ1) is 13.6. The molecule has 0 aliphatic carbocycles. The van der Waals surface area contributed by atoms with Crippen LogP contribution in [0.1, 0.15) is 31.1 Å². The molecule has 1 rings (SSSR count). The van der Waals surface area contributed by atoms with Gasteiger partial charge in [0.15, 0.2) is 5.78 Å². The van der Waals surface area contributed by atoms with E-state index in [1.165, 1.54) is 7.11 Å². The average Bonchev–Trinajstić information content (AvgIpc) is 2.26. The molecule has 1 unspecified atom stereocenters. The van der Waals surface area contributed by atoms with Gasteiger partial charge >= 0.3 is 0 Å². The molecule has 0 N–H and O–H groups in total. The summed E-state index contributed by atoms with van der Waals surface area (Å²) in [5, 5.41) is 0. The van der Waals surface area contributed by atoms with E-state index in [2.05, 4.69) is 0 Å². The molecule has 0 bridgehead atoms. The zero-order valence-electron chi connectivity index (χ0n) is 10.4. The minimum absolute atomic E-state index is 0.0309. The van der Waals surface area contributed by atoms with Gasteiger partial charge < -0.3 is 4.74 Å². The largest absolute Gasteiger partial charge is 0.497 e. The molecule has 2 nitrogen and oxygen atoms in total. The maximum atomic E-state index is 13.6.